The Morgan fingerprint density at radius 3 is 2.05 bits per heavy atom. The number of hydrogen-bond acceptors (Lipinski definition) is 1. The van der Waals surface area contributed by atoms with Crippen molar-refractivity contribution in [3.8, 4) is 0 Å². The van der Waals surface area contributed by atoms with E-state index >= 15 is 0 Å². The lowest BCUT2D eigenvalue weighted by Gasteiger charge is -2.32. The molecular weight excluding hydrogens is 251 g/mol. The predicted octanol–water partition coefficient (Wildman–Crippen LogP) is 4.70. The molecule has 0 amide bonds. The third-order valence-corrected chi connectivity index (χ3v) is 3.42. The first kappa shape index (κ1) is 16.0. The Morgan fingerprint density at radius 2 is 1.58 bits per heavy atom. The van der Waals surface area contributed by atoms with E-state index in [-0.39, 0.29) is 18.5 Å². The molecule has 0 unspecified atom stereocenters. The van der Waals surface area contributed by atoms with Crippen molar-refractivity contribution in [2.75, 3.05) is 0 Å². The van der Waals surface area contributed by atoms with Crippen LogP contribution in [0.4, 0.5) is 13.2 Å². The number of nitrogens with one attached hydrogen (secondary N) is 1. The number of halogens is 3. The Morgan fingerprint density at radius 1 is 1.05 bits per heavy atom. The summed E-state index contributed by atoms with van der Waals surface area (Å²) in [4.78, 5) is 0. The van der Waals surface area contributed by atoms with Crippen molar-refractivity contribution < 1.29 is 13.2 Å². The molecule has 0 aliphatic carbocycles. The lowest BCUT2D eigenvalue weighted by atomic mass is 9.85. The van der Waals surface area contributed by atoms with Gasteiger partial charge in [0.2, 0.25) is 0 Å². The number of alkyl halides is 3. The first-order valence-corrected chi connectivity index (χ1v) is 6.51. The van der Waals surface area contributed by atoms with Crippen LogP contribution in [0.3, 0.4) is 0 Å². The minimum atomic E-state index is -4.17. The van der Waals surface area contributed by atoms with Gasteiger partial charge in [-0.15, -0.1) is 0 Å². The number of hydrogen-bond donors (Lipinski definition) is 1. The van der Waals surface area contributed by atoms with Crippen LogP contribution >= 0.6 is 0 Å². The lowest BCUT2D eigenvalue weighted by molar-refractivity contribution is -0.215. The molecule has 0 aliphatic rings. The van der Waals surface area contributed by atoms with Crippen molar-refractivity contribution in [3.05, 3.63) is 35.9 Å². The third kappa shape index (κ3) is 4.53. The summed E-state index contributed by atoms with van der Waals surface area (Å²) in [6, 6.07) is 9.56. The lowest BCUT2D eigenvalue weighted by Crippen LogP contribution is -2.40. The van der Waals surface area contributed by atoms with E-state index in [1.807, 2.05) is 37.3 Å². The van der Waals surface area contributed by atoms with E-state index in [9.17, 15) is 13.2 Å². The summed E-state index contributed by atoms with van der Waals surface area (Å²) in [6.07, 6.45) is -4.10. The molecule has 0 heterocycles. The van der Waals surface area contributed by atoms with Crippen LogP contribution in [0, 0.1) is 5.41 Å². The summed E-state index contributed by atoms with van der Waals surface area (Å²) in [5, 5.41) is 3.22. The molecule has 0 fully saturated rings. The van der Waals surface area contributed by atoms with Gasteiger partial charge in [0.15, 0.2) is 0 Å². The Hall–Kier alpha value is -1.03. The van der Waals surface area contributed by atoms with Gasteiger partial charge in [0, 0.05) is 12.1 Å². The van der Waals surface area contributed by atoms with E-state index in [0.29, 0.717) is 0 Å². The summed E-state index contributed by atoms with van der Waals surface area (Å²) < 4.78 is 38.5. The molecule has 19 heavy (non-hydrogen) atoms. The minimum absolute atomic E-state index is 0.0419. The zero-order chi connectivity index (χ0) is 14.7. The molecule has 0 bridgehead atoms. The van der Waals surface area contributed by atoms with E-state index < -0.39 is 11.6 Å². The largest absolute Gasteiger partial charge is 0.394 e. The fraction of sp³-hybridized carbons (Fsp3) is 0.600. The molecule has 0 saturated heterocycles. The van der Waals surface area contributed by atoms with Gasteiger partial charge in [0.25, 0.3) is 0 Å². The van der Waals surface area contributed by atoms with Crippen LogP contribution in [0.1, 0.15) is 45.7 Å². The standard InChI is InChI=1S/C15H22F3N/c1-11(10-14(3,4)15(16,17)18)19-12(2)13-8-6-5-7-9-13/h5-9,11-12,19H,10H2,1-4H3/t11-,12+/m0/s1. The van der Waals surface area contributed by atoms with Gasteiger partial charge in [-0.3, -0.25) is 0 Å². The highest BCUT2D eigenvalue weighted by molar-refractivity contribution is 5.18. The van der Waals surface area contributed by atoms with Gasteiger partial charge in [-0.25, -0.2) is 0 Å². The monoisotopic (exact) mass is 273 g/mol. The van der Waals surface area contributed by atoms with Crippen LogP contribution in [0.5, 0.6) is 0 Å². The normalized spacial score (nSPS) is 16.2. The maximum Gasteiger partial charge on any atom is 0.394 e. The Bertz CT molecular complexity index is 384. The highest BCUT2D eigenvalue weighted by atomic mass is 19.4. The molecule has 0 radical (unpaired) electrons. The zero-order valence-electron chi connectivity index (χ0n) is 11.9. The average Bonchev–Trinajstić information content (AvgIpc) is 2.27. The highest BCUT2D eigenvalue weighted by Gasteiger charge is 2.47. The van der Waals surface area contributed by atoms with Gasteiger partial charge in [0.05, 0.1) is 5.41 Å². The summed E-state index contributed by atoms with van der Waals surface area (Å²) in [6.45, 7) is 6.26. The Kier molecular flexibility index (Phi) is 5.02. The molecule has 1 nitrogen and oxygen atoms in total. The van der Waals surface area contributed by atoms with Crippen LogP contribution in [-0.4, -0.2) is 12.2 Å². The van der Waals surface area contributed by atoms with Gasteiger partial charge >= 0.3 is 6.18 Å². The SMILES string of the molecule is C[C@@H](CC(C)(C)C(F)(F)F)N[C@H](C)c1ccccc1. The minimum Gasteiger partial charge on any atom is -0.308 e. The third-order valence-electron chi connectivity index (χ3n) is 3.42. The van der Waals surface area contributed by atoms with Crippen molar-refractivity contribution in [2.24, 2.45) is 5.41 Å². The number of benzene rings is 1. The summed E-state index contributed by atoms with van der Waals surface area (Å²) in [7, 11) is 0. The van der Waals surface area contributed by atoms with Crippen molar-refractivity contribution in [2.45, 2.75) is 52.4 Å². The molecule has 0 saturated carbocycles. The van der Waals surface area contributed by atoms with E-state index in [4.69, 9.17) is 0 Å². The fourth-order valence-electron chi connectivity index (χ4n) is 2.20. The molecule has 108 valence electrons. The van der Waals surface area contributed by atoms with Crippen LogP contribution < -0.4 is 5.32 Å². The first-order chi connectivity index (χ1) is 8.63. The van der Waals surface area contributed by atoms with Crippen LogP contribution in [-0.2, 0) is 0 Å². The topological polar surface area (TPSA) is 12.0 Å². The number of rotatable bonds is 5. The Balaban J connectivity index is 2.59. The summed E-state index contributed by atoms with van der Waals surface area (Å²) in [5.41, 5.74) is -0.588. The smallest absolute Gasteiger partial charge is 0.308 e. The van der Waals surface area contributed by atoms with Gasteiger partial charge < -0.3 is 5.32 Å². The van der Waals surface area contributed by atoms with Gasteiger partial charge in [-0.2, -0.15) is 13.2 Å². The van der Waals surface area contributed by atoms with E-state index in [0.717, 1.165) is 5.56 Å². The Labute approximate surface area is 113 Å². The van der Waals surface area contributed by atoms with Crippen molar-refractivity contribution in [1.29, 1.82) is 0 Å². The zero-order valence-corrected chi connectivity index (χ0v) is 11.9. The molecule has 1 rings (SSSR count). The second kappa shape index (κ2) is 5.95. The molecule has 2 atom stereocenters. The van der Waals surface area contributed by atoms with Crippen molar-refractivity contribution in [1.82, 2.24) is 5.32 Å². The fourth-order valence-corrected chi connectivity index (χ4v) is 2.20. The van der Waals surface area contributed by atoms with Crippen molar-refractivity contribution in [3.63, 3.8) is 0 Å². The predicted molar refractivity (Wildman–Crippen MR) is 71.9 cm³/mol. The average molecular weight is 273 g/mol. The maximum atomic E-state index is 12.8. The highest BCUT2D eigenvalue weighted by Crippen LogP contribution is 2.41. The van der Waals surface area contributed by atoms with E-state index in [1.54, 1.807) is 6.92 Å². The molecule has 4 heteroatoms. The van der Waals surface area contributed by atoms with Crippen LogP contribution in [0.25, 0.3) is 0 Å². The summed E-state index contributed by atoms with van der Waals surface area (Å²) >= 11 is 0. The second-order valence-electron chi connectivity index (χ2n) is 5.79. The van der Waals surface area contributed by atoms with E-state index in [1.165, 1.54) is 13.8 Å². The molecule has 1 N–H and O–H groups in total. The first-order valence-electron chi connectivity index (χ1n) is 6.51. The van der Waals surface area contributed by atoms with Crippen molar-refractivity contribution >= 4 is 0 Å². The molecule has 1 aromatic carbocycles. The molecular formula is C15H22F3N. The van der Waals surface area contributed by atoms with Gasteiger partial charge in [0.1, 0.15) is 0 Å². The van der Waals surface area contributed by atoms with Gasteiger partial charge in [-0.1, -0.05) is 44.2 Å². The molecule has 0 aliphatic heterocycles. The van der Waals surface area contributed by atoms with Gasteiger partial charge in [-0.05, 0) is 25.8 Å². The second-order valence-corrected chi connectivity index (χ2v) is 5.79. The van der Waals surface area contributed by atoms with Crippen LogP contribution in [0.15, 0.2) is 30.3 Å². The maximum absolute atomic E-state index is 12.8. The molecule has 0 aromatic heterocycles. The molecule has 1 aromatic rings. The summed E-state index contributed by atoms with van der Waals surface area (Å²) in [5.74, 6) is 0. The van der Waals surface area contributed by atoms with Crippen LogP contribution in [0.2, 0.25) is 0 Å². The molecule has 0 spiro atoms. The quantitative estimate of drug-likeness (QED) is 0.819. The van der Waals surface area contributed by atoms with E-state index in [2.05, 4.69) is 5.32 Å².